The molecule has 0 spiro atoms. The fourth-order valence-electron chi connectivity index (χ4n) is 3.00. The molecule has 1 amide bonds. The molecule has 4 nitrogen and oxygen atoms in total. The normalized spacial score (nSPS) is 11.9. The van der Waals surface area contributed by atoms with Gasteiger partial charge in [-0.3, -0.25) is 4.79 Å². The Morgan fingerprint density at radius 3 is 2.66 bits per heavy atom. The highest BCUT2D eigenvalue weighted by Gasteiger charge is 2.10. The standard InChI is InChI=1S/C24H28N2O2S/c1-5-17(3)19-8-10-20(11-9-19)25-23(27)13-21-15-29-24(26-21)14-28-22-12-16(2)6-7-18(22)4/h6-12,15,17H,5,13-14H2,1-4H3,(H,25,27)/t17-/m1/s1. The van der Waals surface area contributed by atoms with Gasteiger partial charge >= 0.3 is 0 Å². The van der Waals surface area contributed by atoms with Gasteiger partial charge in [-0.25, -0.2) is 4.98 Å². The highest BCUT2D eigenvalue weighted by Crippen LogP contribution is 2.22. The molecule has 0 unspecified atom stereocenters. The van der Waals surface area contributed by atoms with E-state index >= 15 is 0 Å². The molecule has 3 aromatic rings. The van der Waals surface area contributed by atoms with Crippen LogP contribution in [0.4, 0.5) is 5.69 Å². The van der Waals surface area contributed by atoms with Crippen LogP contribution < -0.4 is 10.1 Å². The van der Waals surface area contributed by atoms with Gasteiger partial charge in [0.05, 0.1) is 12.1 Å². The molecule has 0 radical (unpaired) electrons. The van der Waals surface area contributed by atoms with Gasteiger partial charge in [-0.15, -0.1) is 11.3 Å². The lowest BCUT2D eigenvalue weighted by Gasteiger charge is -2.10. The van der Waals surface area contributed by atoms with Gasteiger partial charge in [-0.1, -0.05) is 38.1 Å². The molecule has 0 fully saturated rings. The first-order valence-electron chi connectivity index (χ1n) is 9.97. The molecule has 0 aliphatic heterocycles. The van der Waals surface area contributed by atoms with Crippen molar-refractivity contribution >= 4 is 22.9 Å². The zero-order chi connectivity index (χ0) is 20.8. The van der Waals surface area contributed by atoms with E-state index in [0.29, 0.717) is 12.5 Å². The Morgan fingerprint density at radius 2 is 1.93 bits per heavy atom. The molecule has 0 aliphatic carbocycles. The molecule has 5 heteroatoms. The summed E-state index contributed by atoms with van der Waals surface area (Å²) in [6.45, 7) is 8.87. The van der Waals surface area contributed by atoms with E-state index < -0.39 is 0 Å². The summed E-state index contributed by atoms with van der Waals surface area (Å²) >= 11 is 1.52. The van der Waals surface area contributed by atoms with Crippen LogP contribution in [-0.4, -0.2) is 10.9 Å². The molecule has 0 saturated carbocycles. The van der Waals surface area contributed by atoms with E-state index in [9.17, 15) is 4.79 Å². The molecule has 0 aliphatic rings. The Labute approximate surface area is 177 Å². The smallest absolute Gasteiger partial charge is 0.230 e. The van der Waals surface area contributed by atoms with Crippen LogP contribution in [0.15, 0.2) is 47.8 Å². The summed E-state index contributed by atoms with van der Waals surface area (Å²) in [4.78, 5) is 16.9. The number of rotatable bonds is 8. The Morgan fingerprint density at radius 1 is 1.17 bits per heavy atom. The third-order valence-electron chi connectivity index (χ3n) is 5.01. The van der Waals surface area contributed by atoms with E-state index in [1.807, 2.05) is 37.4 Å². The highest BCUT2D eigenvalue weighted by atomic mass is 32.1. The van der Waals surface area contributed by atoms with E-state index in [2.05, 4.69) is 48.4 Å². The minimum atomic E-state index is -0.0615. The zero-order valence-corrected chi connectivity index (χ0v) is 18.3. The van der Waals surface area contributed by atoms with Crippen molar-refractivity contribution < 1.29 is 9.53 Å². The fourth-order valence-corrected chi connectivity index (χ4v) is 3.70. The zero-order valence-electron chi connectivity index (χ0n) is 17.5. The highest BCUT2D eigenvalue weighted by molar-refractivity contribution is 7.09. The van der Waals surface area contributed by atoms with Gasteiger partial charge < -0.3 is 10.1 Å². The van der Waals surface area contributed by atoms with Crippen LogP contribution in [0.3, 0.4) is 0 Å². The topological polar surface area (TPSA) is 51.2 Å². The summed E-state index contributed by atoms with van der Waals surface area (Å²) in [5, 5.41) is 5.74. The summed E-state index contributed by atoms with van der Waals surface area (Å²) in [5.41, 5.74) is 5.14. The first-order chi connectivity index (χ1) is 13.9. The molecule has 3 rings (SSSR count). The third-order valence-corrected chi connectivity index (χ3v) is 5.88. The van der Waals surface area contributed by atoms with E-state index in [1.165, 1.54) is 22.5 Å². The number of amides is 1. The molecule has 152 valence electrons. The van der Waals surface area contributed by atoms with Crippen LogP contribution in [0.25, 0.3) is 0 Å². The SMILES string of the molecule is CC[C@@H](C)c1ccc(NC(=O)Cc2csc(COc3cc(C)ccc3C)n2)cc1. The first-order valence-corrected chi connectivity index (χ1v) is 10.9. The Kier molecular flexibility index (Phi) is 7.04. The van der Waals surface area contributed by atoms with Crippen LogP contribution in [0.5, 0.6) is 5.75 Å². The monoisotopic (exact) mass is 408 g/mol. The number of aryl methyl sites for hydroxylation is 2. The van der Waals surface area contributed by atoms with Crippen LogP contribution in [0.2, 0.25) is 0 Å². The molecule has 0 bridgehead atoms. The van der Waals surface area contributed by atoms with Gasteiger partial charge in [0.15, 0.2) is 0 Å². The number of aromatic nitrogens is 1. The van der Waals surface area contributed by atoms with E-state index in [1.54, 1.807) is 0 Å². The van der Waals surface area contributed by atoms with Crippen LogP contribution in [-0.2, 0) is 17.8 Å². The van der Waals surface area contributed by atoms with E-state index in [-0.39, 0.29) is 12.3 Å². The van der Waals surface area contributed by atoms with Crippen molar-refractivity contribution in [3.63, 3.8) is 0 Å². The average Bonchev–Trinajstić information content (AvgIpc) is 3.15. The van der Waals surface area contributed by atoms with Gasteiger partial charge in [0.25, 0.3) is 0 Å². The van der Waals surface area contributed by atoms with Crippen LogP contribution in [0, 0.1) is 13.8 Å². The molecule has 1 N–H and O–H groups in total. The number of carbonyl (C=O) groups is 1. The second-order valence-electron chi connectivity index (χ2n) is 7.45. The number of nitrogens with zero attached hydrogens (tertiary/aromatic N) is 1. The van der Waals surface area contributed by atoms with Gasteiger partial charge in [0, 0.05) is 11.1 Å². The largest absolute Gasteiger partial charge is 0.486 e. The van der Waals surface area contributed by atoms with E-state index in [4.69, 9.17) is 4.74 Å². The summed E-state index contributed by atoms with van der Waals surface area (Å²) in [6, 6.07) is 14.2. The Bertz CT molecular complexity index is 963. The van der Waals surface area contributed by atoms with Crippen molar-refractivity contribution in [1.29, 1.82) is 0 Å². The Hall–Kier alpha value is -2.66. The molecule has 1 heterocycles. The number of nitrogens with one attached hydrogen (secondary N) is 1. The number of carbonyl (C=O) groups excluding carboxylic acids is 1. The lowest BCUT2D eigenvalue weighted by molar-refractivity contribution is -0.115. The summed E-state index contributed by atoms with van der Waals surface area (Å²) in [7, 11) is 0. The summed E-state index contributed by atoms with van der Waals surface area (Å²) < 4.78 is 5.90. The molecule has 1 atom stereocenters. The molecular weight excluding hydrogens is 380 g/mol. The van der Waals surface area contributed by atoms with Crippen molar-refractivity contribution in [2.24, 2.45) is 0 Å². The van der Waals surface area contributed by atoms with Gasteiger partial charge in [0.2, 0.25) is 5.91 Å². The lowest BCUT2D eigenvalue weighted by Crippen LogP contribution is -2.14. The fraction of sp³-hybridized carbons (Fsp3) is 0.333. The van der Waals surface area contributed by atoms with Crippen molar-refractivity contribution in [3.05, 3.63) is 75.2 Å². The van der Waals surface area contributed by atoms with Crippen LogP contribution >= 0.6 is 11.3 Å². The maximum absolute atomic E-state index is 12.3. The maximum atomic E-state index is 12.3. The summed E-state index contributed by atoms with van der Waals surface area (Å²) in [6.07, 6.45) is 1.36. The number of ether oxygens (including phenoxy) is 1. The van der Waals surface area contributed by atoms with Gasteiger partial charge in [0.1, 0.15) is 17.4 Å². The van der Waals surface area contributed by atoms with Crippen LogP contribution in [0.1, 0.15) is 53.6 Å². The predicted octanol–water partition coefficient (Wildman–Crippen LogP) is 6.03. The minimum absolute atomic E-state index is 0.0615. The number of anilines is 1. The van der Waals surface area contributed by atoms with Crippen molar-refractivity contribution in [3.8, 4) is 5.75 Å². The quantitative estimate of drug-likeness (QED) is 0.495. The van der Waals surface area contributed by atoms with Gasteiger partial charge in [-0.2, -0.15) is 0 Å². The van der Waals surface area contributed by atoms with E-state index in [0.717, 1.165) is 34.1 Å². The Balaban J connectivity index is 1.52. The second-order valence-corrected chi connectivity index (χ2v) is 8.39. The number of hydrogen-bond donors (Lipinski definition) is 1. The maximum Gasteiger partial charge on any atom is 0.230 e. The molecule has 29 heavy (non-hydrogen) atoms. The molecule has 1 aromatic heterocycles. The van der Waals surface area contributed by atoms with Gasteiger partial charge in [-0.05, 0) is 61.1 Å². The first kappa shape index (κ1) is 21.1. The van der Waals surface area contributed by atoms with Crippen molar-refractivity contribution in [2.45, 2.75) is 53.1 Å². The third kappa shape index (κ3) is 5.91. The van der Waals surface area contributed by atoms with Crippen molar-refractivity contribution in [2.75, 3.05) is 5.32 Å². The molecule has 2 aromatic carbocycles. The number of thiazole rings is 1. The lowest BCUT2D eigenvalue weighted by atomic mass is 9.99. The summed E-state index contributed by atoms with van der Waals surface area (Å²) in [5.74, 6) is 1.34. The molecular formula is C24H28N2O2S. The average molecular weight is 409 g/mol. The predicted molar refractivity (Wildman–Crippen MR) is 120 cm³/mol. The number of benzene rings is 2. The number of hydrogen-bond acceptors (Lipinski definition) is 4. The molecule has 0 saturated heterocycles. The second kappa shape index (κ2) is 9.70. The van der Waals surface area contributed by atoms with Crippen molar-refractivity contribution in [1.82, 2.24) is 4.98 Å². The minimum Gasteiger partial charge on any atom is -0.486 e.